The van der Waals surface area contributed by atoms with Crippen molar-refractivity contribution in [2.45, 2.75) is 25.5 Å². The van der Waals surface area contributed by atoms with Gasteiger partial charge in [0.05, 0.1) is 0 Å². The minimum absolute atomic E-state index is 0.176. The van der Waals surface area contributed by atoms with Crippen molar-refractivity contribution in [1.82, 2.24) is 4.90 Å². The fraction of sp³-hybridized carbons (Fsp3) is 0.217. The van der Waals surface area contributed by atoms with Crippen LogP contribution in [0.2, 0.25) is 0 Å². The Labute approximate surface area is 163 Å². The number of fused-ring (bicyclic) bond motifs is 1. The maximum Gasteiger partial charge on any atom is 0.410 e. The standard InChI is InChI=1S/C23H22N2O3/c26-22(24-20-13-12-18-9-4-5-10-19(18)15-20)21-11-6-14-25(21)23(27)28-16-17-7-2-1-3-8-17/h1-5,7-10,12-13,15,21H,6,11,14,16H2,(H,24,26)/t21-/m1/s1. The molecule has 28 heavy (non-hydrogen) atoms. The average molecular weight is 374 g/mol. The van der Waals surface area contributed by atoms with Crippen LogP contribution in [0.15, 0.2) is 72.8 Å². The number of hydrogen-bond donors (Lipinski definition) is 1. The summed E-state index contributed by atoms with van der Waals surface area (Å²) in [5.41, 5.74) is 1.65. The molecule has 4 rings (SSSR count). The van der Waals surface area contributed by atoms with E-state index in [0.29, 0.717) is 13.0 Å². The number of amides is 2. The van der Waals surface area contributed by atoms with E-state index in [2.05, 4.69) is 5.32 Å². The zero-order valence-electron chi connectivity index (χ0n) is 15.5. The molecule has 0 saturated carbocycles. The highest BCUT2D eigenvalue weighted by Crippen LogP contribution is 2.23. The predicted octanol–water partition coefficient (Wildman–Crippen LogP) is 4.58. The zero-order chi connectivity index (χ0) is 19.3. The number of carbonyl (C=O) groups is 2. The fourth-order valence-corrected chi connectivity index (χ4v) is 3.55. The topological polar surface area (TPSA) is 58.6 Å². The van der Waals surface area contributed by atoms with Crippen molar-refractivity contribution in [2.24, 2.45) is 0 Å². The van der Waals surface area contributed by atoms with E-state index in [1.54, 1.807) is 0 Å². The Kier molecular flexibility index (Phi) is 5.24. The molecule has 142 valence electrons. The first kappa shape index (κ1) is 18.0. The van der Waals surface area contributed by atoms with Crippen LogP contribution in [0, 0.1) is 0 Å². The van der Waals surface area contributed by atoms with Gasteiger partial charge in [0.1, 0.15) is 12.6 Å². The lowest BCUT2D eigenvalue weighted by Crippen LogP contribution is -2.43. The number of hydrogen-bond acceptors (Lipinski definition) is 3. The Balaban J connectivity index is 1.40. The van der Waals surface area contributed by atoms with Gasteiger partial charge in [0.15, 0.2) is 0 Å². The summed E-state index contributed by atoms with van der Waals surface area (Å²) in [6.45, 7) is 0.735. The molecular formula is C23H22N2O3. The molecule has 5 nitrogen and oxygen atoms in total. The molecule has 5 heteroatoms. The maximum atomic E-state index is 12.8. The third kappa shape index (κ3) is 3.98. The van der Waals surface area contributed by atoms with Crippen molar-refractivity contribution >= 4 is 28.5 Å². The summed E-state index contributed by atoms with van der Waals surface area (Å²) >= 11 is 0. The Morgan fingerprint density at radius 3 is 2.54 bits per heavy atom. The molecule has 0 radical (unpaired) electrons. The Morgan fingerprint density at radius 2 is 1.71 bits per heavy atom. The third-order valence-corrected chi connectivity index (χ3v) is 5.01. The molecule has 1 N–H and O–H groups in total. The molecule has 3 aromatic carbocycles. The van der Waals surface area contributed by atoms with Crippen LogP contribution >= 0.6 is 0 Å². The number of nitrogens with zero attached hydrogens (tertiary/aromatic N) is 1. The van der Waals surface area contributed by atoms with Crippen molar-refractivity contribution < 1.29 is 14.3 Å². The zero-order valence-corrected chi connectivity index (χ0v) is 15.5. The van der Waals surface area contributed by atoms with Gasteiger partial charge in [0, 0.05) is 12.2 Å². The molecule has 1 heterocycles. The minimum atomic E-state index is -0.505. The number of likely N-dealkylation sites (tertiary alicyclic amines) is 1. The quantitative estimate of drug-likeness (QED) is 0.727. The molecular weight excluding hydrogens is 352 g/mol. The lowest BCUT2D eigenvalue weighted by atomic mass is 10.1. The van der Waals surface area contributed by atoms with Crippen LogP contribution < -0.4 is 5.32 Å². The van der Waals surface area contributed by atoms with Gasteiger partial charge in [-0.3, -0.25) is 9.69 Å². The molecule has 1 aliphatic rings. The predicted molar refractivity (Wildman–Crippen MR) is 109 cm³/mol. The Morgan fingerprint density at radius 1 is 0.964 bits per heavy atom. The normalized spacial score (nSPS) is 16.1. The van der Waals surface area contributed by atoms with E-state index in [-0.39, 0.29) is 12.5 Å². The highest BCUT2D eigenvalue weighted by atomic mass is 16.6. The second-order valence-corrected chi connectivity index (χ2v) is 6.94. The highest BCUT2D eigenvalue weighted by Gasteiger charge is 2.35. The number of anilines is 1. The summed E-state index contributed by atoms with van der Waals surface area (Å²) in [4.78, 5) is 26.8. The number of rotatable bonds is 4. The molecule has 3 aromatic rings. The lowest BCUT2D eigenvalue weighted by molar-refractivity contribution is -0.120. The van der Waals surface area contributed by atoms with Gasteiger partial charge in [-0.05, 0) is 41.3 Å². The first-order chi connectivity index (χ1) is 13.7. The van der Waals surface area contributed by atoms with Crippen molar-refractivity contribution in [3.05, 3.63) is 78.4 Å². The molecule has 0 unspecified atom stereocenters. The molecule has 1 atom stereocenters. The molecule has 2 amide bonds. The van der Waals surface area contributed by atoms with Crippen molar-refractivity contribution in [3.63, 3.8) is 0 Å². The fourth-order valence-electron chi connectivity index (χ4n) is 3.55. The molecule has 1 aliphatic heterocycles. The highest BCUT2D eigenvalue weighted by molar-refractivity contribution is 5.98. The Hall–Kier alpha value is -3.34. The summed E-state index contributed by atoms with van der Waals surface area (Å²) in [6, 6.07) is 22.8. The summed E-state index contributed by atoms with van der Waals surface area (Å²) in [7, 11) is 0. The third-order valence-electron chi connectivity index (χ3n) is 5.01. The van der Waals surface area contributed by atoms with Gasteiger partial charge in [0.2, 0.25) is 5.91 Å². The van der Waals surface area contributed by atoms with Gasteiger partial charge >= 0.3 is 6.09 Å². The smallest absolute Gasteiger partial charge is 0.410 e. The number of carbonyl (C=O) groups excluding carboxylic acids is 2. The number of nitrogens with one attached hydrogen (secondary N) is 1. The maximum absolute atomic E-state index is 12.8. The molecule has 0 spiro atoms. The second-order valence-electron chi connectivity index (χ2n) is 6.94. The number of ether oxygens (including phenoxy) is 1. The summed E-state index contributed by atoms with van der Waals surface area (Å²) in [6.07, 6.45) is 0.982. The van der Waals surface area contributed by atoms with Gasteiger partial charge in [-0.15, -0.1) is 0 Å². The van der Waals surface area contributed by atoms with Gasteiger partial charge in [-0.25, -0.2) is 4.79 Å². The van der Waals surface area contributed by atoms with Crippen LogP contribution in [0.5, 0.6) is 0 Å². The van der Waals surface area contributed by atoms with E-state index in [4.69, 9.17) is 4.74 Å². The van der Waals surface area contributed by atoms with Crippen molar-refractivity contribution in [3.8, 4) is 0 Å². The molecule has 1 saturated heterocycles. The molecule has 0 aromatic heterocycles. The molecule has 0 aliphatic carbocycles. The van der Waals surface area contributed by atoms with Gasteiger partial charge in [-0.2, -0.15) is 0 Å². The van der Waals surface area contributed by atoms with Crippen molar-refractivity contribution in [1.29, 1.82) is 0 Å². The van der Waals surface area contributed by atoms with Crippen molar-refractivity contribution in [2.75, 3.05) is 11.9 Å². The number of benzene rings is 3. The van der Waals surface area contributed by atoms with E-state index >= 15 is 0 Å². The molecule has 1 fully saturated rings. The van der Waals surface area contributed by atoms with Crippen LogP contribution in [-0.4, -0.2) is 29.5 Å². The Bertz CT molecular complexity index is 987. The minimum Gasteiger partial charge on any atom is -0.445 e. The summed E-state index contributed by atoms with van der Waals surface area (Å²) in [5, 5.41) is 5.13. The summed E-state index contributed by atoms with van der Waals surface area (Å²) in [5.74, 6) is -0.176. The lowest BCUT2D eigenvalue weighted by Gasteiger charge is -2.23. The second kappa shape index (κ2) is 8.13. The van der Waals surface area contributed by atoms with Crippen LogP contribution in [0.25, 0.3) is 10.8 Å². The van der Waals surface area contributed by atoms with E-state index in [0.717, 1.165) is 28.4 Å². The average Bonchev–Trinajstić information content (AvgIpc) is 3.23. The van der Waals surface area contributed by atoms with Crippen LogP contribution in [0.3, 0.4) is 0 Å². The van der Waals surface area contributed by atoms with Gasteiger partial charge in [0.25, 0.3) is 0 Å². The van der Waals surface area contributed by atoms with E-state index in [1.807, 2.05) is 72.8 Å². The van der Waals surface area contributed by atoms with Crippen LogP contribution in [-0.2, 0) is 16.1 Å². The van der Waals surface area contributed by atoms with E-state index < -0.39 is 12.1 Å². The summed E-state index contributed by atoms with van der Waals surface area (Å²) < 4.78 is 5.41. The van der Waals surface area contributed by atoms with Crippen LogP contribution in [0.4, 0.5) is 10.5 Å². The van der Waals surface area contributed by atoms with Gasteiger partial charge < -0.3 is 10.1 Å². The first-order valence-electron chi connectivity index (χ1n) is 9.48. The van der Waals surface area contributed by atoms with Crippen LogP contribution in [0.1, 0.15) is 18.4 Å². The van der Waals surface area contributed by atoms with E-state index in [1.165, 1.54) is 4.90 Å². The first-order valence-corrected chi connectivity index (χ1v) is 9.48. The van der Waals surface area contributed by atoms with E-state index in [9.17, 15) is 9.59 Å². The van der Waals surface area contributed by atoms with Gasteiger partial charge in [-0.1, -0.05) is 60.7 Å². The SMILES string of the molecule is O=C(Nc1ccc2ccccc2c1)[C@H]1CCCN1C(=O)OCc1ccccc1. The monoisotopic (exact) mass is 374 g/mol. The molecule has 0 bridgehead atoms. The largest absolute Gasteiger partial charge is 0.445 e.